The van der Waals surface area contributed by atoms with E-state index in [1.165, 1.54) is 6.07 Å². The van der Waals surface area contributed by atoms with Gasteiger partial charge in [-0.05, 0) is 56.0 Å². The van der Waals surface area contributed by atoms with E-state index in [1.54, 1.807) is 11.0 Å². The number of aliphatic hydroxyl groups excluding tert-OH is 1. The van der Waals surface area contributed by atoms with Gasteiger partial charge in [-0.2, -0.15) is 0 Å². The van der Waals surface area contributed by atoms with Gasteiger partial charge in [0.15, 0.2) is 11.6 Å². The van der Waals surface area contributed by atoms with Crippen molar-refractivity contribution in [1.82, 2.24) is 10.2 Å². The highest BCUT2D eigenvalue weighted by Gasteiger charge is 2.24. The monoisotopic (exact) mass is 429 g/mol. The molecule has 0 radical (unpaired) electrons. The summed E-state index contributed by atoms with van der Waals surface area (Å²) in [5.74, 6) is -1.62. The molecule has 2 saturated heterocycles. The van der Waals surface area contributed by atoms with Crippen LogP contribution in [0.25, 0.3) is 0 Å². The number of carbonyl (C=O) groups is 1. The van der Waals surface area contributed by atoms with Crippen LogP contribution in [-0.4, -0.2) is 54.2 Å². The molecular formula is C24H29F2N3O2. The molecule has 2 aliphatic rings. The van der Waals surface area contributed by atoms with E-state index < -0.39 is 17.7 Å². The summed E-state index contributed by atoms with van der Waals surface area (Å²) in [6.45, 7) is 3.12. The number of hydrogen-bond acceptors (Lipinski definition) is 4. The lowest BCUT2D eigenvalue weighted by Crippen LogP contribution is -2.42. The average Bonchev–Trinajstić information content (AvgIpc) is 2.80. The van der Waals surface area contributed by atoms with Crippen molar-refractivity contribution in [3.05, 3.63) is 65.2 Å². The number of rotatable bonds is 5. The summed E-state index contributed by atoms with van der Waals surface area (Å²) < 4.78 is 27.1. The number of anilines is 1. The Kier molecular flexibility index (Phi) is 6.83. The van der Waals surface area contributed by atoms with Crippen molar-refractivity contribution in [3.63, 3.8) is 0 Å². The maximum Gasteiger partial charge on any atom is 0.253 e. The number of β-amino-alcohol motifs (C(OH)–C–C–N with tert-alkyl or cyclic N) is 1. The average molecular weight is 430 g/mol. The fourth-order valence-electron chi connectivity index (χ4n) is 4.42. The number of amides is 1. The second kappa shape index (κ2) is 9.75. The molecule has 0 aromatic heterocycles. The summed E-state index contributed by atoms with van der Waals surface area (Å²) >= 11 is 0. The smallest absolute Gasteiger partial charge is 0.253 e. The molecule has 4 rings (SSSR count). The van der Waals surface area contributed by atoms with Crippen LogP contribution in [0, 0.1) is 11.6 Å². The Balaban J connectivity index is 1.28. The molecule has 1 atom stereocenters. The van der Waals surface area contributed by atoms with Crippen LogP contribution < -0.4 is 10.2 Å². The normalized spacial score (nSPS) is 20.2. The third-order valence-electron chi connectivity index (χ3n) is 6.27. The summed E-state index contributed by atoms with van der Waals surface area (Å²) in [7, 11) is 0. The van der Waals surface area contributed by atoms with Gasteiger partial charge in [0.05, 0.1) is 6.10 Å². The van der Waals surface area contributed by atoms with Gasteiger partial charge >= 0.3 is 0 Å². The molecule has 0 aliphatic carbocycles. The first-order valence-electron chi connectivity index (χ1n) is 11.0. The third kappa shape index (κ3) is 5.22. The van der Waals surface area contributed by atoms with Crippen LogP contribution in [0.2, 0.25) is 0 Å². The molecule has 5 nitrogen and oxygen atoms in total. The predicted octanol–water partition coefficient (Wildman–Crippen LogP) is 3.32. The van der Waals surface area contributed by atoms with E-state index in [-0.39, 0.29) is 11.9 Å². The zero-order valence-electron chi connectivity index (χ0n) is 17.6. The largest absolute Gasteiger partial charge is 0.391 e. The Hall–Kier alpha value is -2.51. The van der Waals surface area contributed by atoms with E-state index in [0.29, 0.717) is 30.8 Å². The summed E-state index contributed by atoms with van der Waals surface area (Å²) in [5, 5.41) is 13.1. The Labute approximate surface area is 181 Å². The van der Waals surface area contributed by atoms with Gasteiger partial charge in [0.1, 0.15) is 0 Å². The standard InChI is InChI=1S/C24H29F2N3O2/c25-22-5-1-3-18(23(22)26)15-27-19-10-13-28(14-11-19)20-8-6-17(7-9-20)24(31)29-12-2-4-21(30)16-29/h1,3,5-9,19,21,27,30H,2,4,10-16H2. The molecule has 166 valence electrons. The zero-order chi connectivity index (χ0) is 21.8. The minimum atomic E-state index is -0.812. The van der Waals surface area contributed by atoms with E-state index in [9.17, 15) is 18.7 Å². The quantitative estimate of drug-likeness (QED) is 0.766. The van der Waals surface area contributed by atoms with Crippen LogP contribution in [0.15, 0.2) is 42.5 Å². The Morgan fingerprint density at radius 1 is 1.03 bits per heavy atom. The van der Waals surface area contributed by atoms with E-state index in [0.717, 1.165) is 50.5 Å². The Bertz CT molecular complexity index is 898. The summed E-state index contributed by atoms with van der Waals surface area (Å²) in [4.78, 5) is 16.7. The highest BCUT2D eigenvalue weighted by molar-refractivity contribution is 5.94. The number of halogens is 2. The molecule has 0 saturated carbocycles. The molecule has 2 heterocycles. The molecule has 31 heavy (non-hydrogen) atoms. The van der Waals surface area contributed by atoms with Crippen LogP contribution in [0.5, 0.6) is 0 Å². The fourth-order valence-corrected chi connectivity index (χ4v) is 4.42. The highest BCUT2D eigenvalue weighted by atomic mass is 19.2. The van der Waals surface area contributed by atoms with Crippen LogP contribution in [0.4, 0.5) is 14.5 Å². The number of carbonyl (C=O) groups excluding carboxylic acids is 1. The van der Waals surface area contributed by atoms with Crippen molar-refractivity contribution in [2.24, 2.45) is 0 Å². The van der Waals surface area contributed by atoms with Crippen molar-refractivity contribution >= 4 is 11.6 Å². The molecule has 2 N–H and O–H groups in total. The lowest BCUT2D eigenvalue weighted by atomic mass is 10.0. The number of likely N-dealkylation sites (tertiary alicyclic amines) is 1. The number of hydrogen-bond donors (Lipinski definition) is 2. The van der Waals surface area contributed by atoms with Gasteiger partial charge in [-0.15, -0.1) is 0 Å². The predicted molar refractivity (Wildman–Crippen MR) is 116 cm³/mol. The van der Waals surface area contributed by atoms with E-state index in [2.05, 4.69) is 10.2 Å². The van der Waals surface area contributed by atoms with Crippen LogP contribution in [-0.2, 0) is 6.54 Å². The topological polar surface area (TPSA) is 55.8 Å². The van der Waals surface area contributed by atoms with Crippen LogP contribution >= 0.6 is 0 Å². The maximum absolute atomic E-state index is 13.8. The minimum Gasteiger partial charge on any atom is -0.391 e. The molecule has 2 aromatic carbocycles. The third-order valence-corrected chi connectivity index (χ3v) is 6.27. The van der Waals surface area contributed by atoms with Gasteiger partial charge in [-0.1, -0.05) is 12.1 Å². The number of aliphatic hydroxyl groups is 1. The van der Waals surface area contributed by atoms with E-state index >= 15 is 0 Å². The highest BCUT2D eigenvalue weighted by Crippen LogP contribution is 2.22. The van der Waals surface area contributed by atoms with Gasteiger partial charge in [-0.3, -0.25) is 4.79 Å². The van der Waals surface area contributed by atoms with Crippen LogP contribution in [0.3, 0.4) is 0 Å². The van der Waals surface area contributed by atoms with Gasteiger partial charge in [0.25, 0.3) is 5.91 Å². The second-order valence-electron chi connectivity index (χ2n) is 8.45. The van der Waals surface area contributed by atoms with Crippen LogP contribution in [0.1, 0.15) is 41.6 Å². The molecule has 0 spiro atoms. The van der Waals surface area contributed by atoms with Crippen molar-refractivity contribution in [2.75, 3.05) is 31.1 Å². The van der Waals surface area contributed by atoms with E-state index in [1.807, 2.05) is 24.3 Å². The molecule has 1 amide bonds. The number of piperidine rings is 2. The van der Waals surface area contributed by atoms with E-state index in [4.69, 9.17) is 0 Å². The van der Waals surface area contributed by atoms with Crippen molar-refractivity contribution in [3.8, 4) is 0 Å². The number of benzene rings is 2. The summed E-state index contributed by atoms with van der Waals surface area (Å²) in [6, 6.07) is 12.2. The first kappa shape index (κ1) is 21.7. The minimum absolute atomic E-state index is 0.0298. The first-order valence-corrected chi connectivity index (χ1v) is 11.0. The molecule has 2 aliphatic heterocycles. The van der Waals surface area contributed by atoms with Gasteiger partial charge in [0.2, 0.25) is 0 Å². The summed E-state index contributed by atoms with van der Waals surface area (Å²) in [6.07, 6.45) is 2.97. The molecule has 0 bridgehead atoms. The fraction of sp³-hybridized carbons (Fsp3) is 0.458. The number of nitrogens with one attached hydrogen (secondary N) is 1. The Morgan fingerprint density at radius 2 is 1.77 bits per heavy atom. The van der Waals surface area contributed by atoms with Crippen molar-refractivity contribution in [1.29, 1.82) is 0 Å². The Morgan fingerprint density at radius 3 is 2.48 bits per heavy atom. The van der Waals surface area contributed by atoms with Gasteiger partial charge in [-0.25, -0.2) is 8.78 Å². The number of nitrogens with zero attached hydrogens (tertiary/aromatic N) is 2. The lowest BCUT2D eigenvalue weighted by molar-refractivity contribution is 0.0474. The van der Waals surface area contributed by atoms with Crippen molar-refractivity contribution < 1.29 is 18.7 Å². The maximum atomic E-state index is 13.8. The lowest BCUT2D eigenvalue weighted by Gasteiger charge is -2.34. The van der Waals surface area contributed by atoms with Gasteiger partial charge in [0, 0.05) is 55.6 Å². The molecule has 1 unspecified atom stereocenters. The van der Waals surface area contributed by atoms with Crippen molar-refractivity contribution in [2.45, 2.75) is 44.4 Å². The molecule has 7 heteroatoms. The molecular weight excluding hydrogens is 400 g/mol. The second-order valence-corrected chi connectivity index (χ2v) is 8.45. The SMILES string of the molecule is O=C(c1ccc(N2CCC(NCc3cccc(F)c3F)CC2)cc1)N1CCCC(O)C1. The zero-order valence-corrected chi connectivity index (χ0v) is 17.6. The first-order chi connectivity index (χ1) is 15.0. The van der Waals surface area contributed by atoms with Gasteiger partial charge < -0.3 is 20.2 Å². The summed E-state index contributed by atoms with van der Waals surface area (Å²) in [5.41, 5.74) is 2.07. The molecule has 2 fully saturated rings. The molecule has 2 aromatic rings.